The average molecular weight is 298 g/mol. The van der Waals surface area contributed by atoms with Gasteiger partial charge < -0.3 is 10.5 Å². The van der Waals surface area contributed by atoms with Gasteiger partial charge in [0.15, 0.2) is 0 Å². The molecule has 0 aromatic heterocycles. The molecule has 1 saturated carbocycles. The summed E-state index contributed by atoms with van der Waals surface area (Å²) in [6, 6.07) is 3.04. The van der Waals surface area contributed by atoms with E-state index in [-0.39, 0.29) is 11.0 Å². The summed E-state index contributed by atoms with van der Waals surface area (Å²) in [6.07, 6.45) is 4.36. The Hall–Kier alpha value is -1.27. The van der Waals surface area contributed by atoms with Crippen molar-refractivity contribution < 1.29 is 13.2 Å². The third kappa shape index (κ3) is 3.43. The maximum Gasteiger partial charge on any atom is 0.238 e. The molecule has 2 rings (SSSR count). The minimum Gasteiger partial charge on any atom is -0.490 e. The lowest BCUT2D eigenvalue weighted by Crippen LogP contribution is -2.24. The molecule has 0 amide bonds. The van der Waals surface area contributed by atoms with Gasteiger partial charge in [-0.05, 0) is 44.6 Å². The lowest BCUT2D eigenvalue weighted by atomic mass is 9.89. The molecule has 0 unspecified atom stereocenters. The topological polar surface area (TPSA) is 95.4 Å². The summed E-state index contributed by atoms with van der Waals surface area (Å²) in [4.78, 5) is 0.0386. The molecule has 0 radical (unpaired) electrons. The Morgan fingerprint density at radius 3 is 2.35 bits per heavy atom. The largest absolute Gasteiger partial charge is 0.490 e. The van der Waals surface area contributed by atoms with Crippen LogP contribution in [0.2, 0.25) is 0 Å². The van der Waals surface area contributed by atoms with Gasteiger partial charge in [-0.15, -0.1) is 0 Å². The smallest absolute Gasteiger partial charge is 0.238 e. The molecule has 0 bridgehead atoms. The van der Waals surface area contributed by atoms with E-state index in [0.717, 1.165) is 31.6 Å². The summed E-state index contributed by atoms with van der Waals surface area (Å²) in [5.74, 6) is 1.25. The SMILES string of the molecule is Cc1c(OC2CCC(C)CC2)cc(N)cc1S(N)(=O)=O. The molecular formula is C14H22N2O3S. The highest BCUT2D eigenvalue weighted by Gasteiger charge is 2.22. The monoisotopic (exact) mass is 298 g/mol. The van der Waals surface area contributed by atoms with Crippen molar-refractivity contribution in [1.82, 2.24) is 0 Å². The molecular weight excluding hydrogens is 276 g/mol. The predicted octanol–water partition coefficient (Wildman–Crippen LogP) is 2.18. The van der Waals surface area contributed by atoms with Crippen LogP contribution >= 0.6 is 0 Å². The van der Waals surface area contributed by atoms with Crippen LogP contribution in [-0.4, -0.2) is 14.5 Å². The van der Waals surface area contributed by atoms with Crippen molar-refractivity contribution in [1.29, 1.82) is 0 Å². The number of primary sulfonamides is 1. The summed E-state index contributed by atoms with van der Waals surface area (Å²) < 4.78 is 29.1. The first-order valence-electron chi connectivity index (χ1n) is 6.87. The van der Waals surface area contributed by atoms with Crippen LogP contribution < -0.4 is 15.6 Å². The van der Waals surface area contributed by atoms with Gasteiger partial charge in [-0.3, -0.25) is 0 Å². The molecule has 0 atom stereocenters. The molecule has 1 aromatic carbocycles. The molecule has 0 aliphatic heterocycles. The maximum absolute atomic E-state index is 11.6. The van der Waals surface area contributed by atoms with Crippen LogP contribution in [0, 0.1) is 12.8 Å². The number of hydrogen-bond donors (Lipinski definition) is 2. The van der Waals surface area contributed by atoms with Crippen LogP contribution in [0.3, 0.4) is 0 Å². The molecule has 4 N–H and O–H groups in total. The van der Waals surface area contributed by atoms with E-state index < -0.39 is 10.0 Å². The minimum atomic E-state index is -3.79. The number of sulfonamides is 1. The highest BCUT2D eigenvalue weighted by Crippen LogP contribution is 2.32. The molecule has 1 aliphatic carbocycles. The molecule has 20 heavy (non-hydrogen) atoms. The number of benzene rings is 1. The van der Waals surface area contributed by atoms with Crippen LogP contribution in [0.1, 0.15) is 38.2 Å². The zero-order valence-corrected chi connectivity index (χ0v) is 12.7. The molecule has 0 saturated heterocycles. The number of rotatable bonds is 3. The van der Waals surface area contributed by atoms with Crippen molar-refractivity contribution in [2.24, 2.45) is 11.1 Å². The van der Waals surface area contributed by atoms with Gasteiger partial charge >= 0.3 is 0 Å². The fourth-order valence-corrected chi connectivity index (χ4v) is 3.45. The quantitative estimate of drug-likeness (QED) is 0.836. The van der Waals surface area contributed by atoms with E-state index in [1.165, 1.54) is 6.07 Å². The van der Waals surface area contributed by atoms with Crippen molar-refractivity contribution in [3.05, 3.63) is 17.7 Å². The van der Waals surface area contributed by atoms with E-state index in [4.69, 9.17) is 15.6 Å². The van der Waals surface area contributed by atoms with Crippen LogP contribution in [0.5, 0.6) is 5.75 Å². The number of anilines is 1. The van der Waals surface area contributed by atoms with Crippen LogP contribution in [0.15, 0.2) is 17.0 Å². The zero-order valence-electron chi connectivity index (χ0n) is 11.9. The van der Waals surface area contributed by atoms with Gasteiger partial charge in [0.25, 0.3) is 0 Å². The second-order valence-corrected chi connectivity index (χ2v) is 7.22. The van der Waals surface area contributed by atoms with Crippen molar-refractivity contribution in [3.63, 3.8) is 0 Å². The molecule has 1 aliphatic rings. The fraction of sp³-hybridized carbons (Fsp3) is 0.571. The number of nitrogen functional groups attached to an aromatic ring is 1. The van der Waals surface area contributed by atoms with E-state index in [1.54, 1.807) is 13.0 Å². The normalized spacial score (nSPS) is 23.6. The number of ether oxygens (including phenoxy) is 1. The Kier molecular flexibility index (Phi) is 4.25. The van der Waals surface area contributed by atoms with Gasteiger partial charge in [0.2, 0.25) is 10.0 Å². The molecule has 0 spiro atoms. The van der Waals surface area contributed by atoms with Gasteiger partial charge in [0, 0.05) is 17.3 Å². The molecule has 5 nitrogen and oxygen atoms in total. The molecule has 6 heteroatoms. The first-order chi connectivity index (χ1) is 9.27. The summed E-state index contributed by atoms with van der Waals surface area (Å²) in [7, 11) is -3.79. The predicted molar refractivity (Wildman–Crippen MR) is 79.0 cm³/mol. The third-order valence-corrected chi connectivity index (χ3v) is 4.93. The Balaban J connectivity index is 2.26. The van der Waals surface area contributed by atoms with E-state index in [1.807, 2.05) is 0 Å². The van der Waals surface area contributed by atoms with E-state index in [2.05, 4.69) is 6.92 Å². The zero-order chi connectivity index (χ0) is 14.9. The Morgan fingerprint density at radius 1 is 1.20 bits per heavy atom. The van der Waals surface area contributed by atoms with E-state index in [9.17, 15) is 8.42 Å². The third-order valence-electron chi connectivity index (χ3n) is 3.90. The standard InChI is InChI=1S/C14H22N2O3S/c1-9-3-5-12(6-4-9)19-13-7-11(15)8-14(10(13)2)20(16,17)18/h7-9,12H,3-6,15H2,1-2H3,(H2,16,17,18). The maximum atomic E-state index is 11.6. The van der Waals surface area contributed by atoms with Crippen molar-refractivity contribution in [2.45, 2.75) is 50.5 Å². The minimum absolute atomic E-state index is 0.0386. The summed E-state index contributed by atoms with van der Waals surface area (Å²) in [5.41, 5.74) is 6.63. The number of hydrogen-bond acceptors (Lipinski definition) is 4. The molecule has 0 heterocycles. The average Bonchev–Trinajstić information content (AvgIpc) is 2.35. The summed E-state index contributed by atoms with van der Waals surface area (Å²) in [5, 5.41) is 5.21. The highest BCUT2D eigenvalue weighted by molar-refractivity contribution is 7.89. The Bertz CT molecular complexity index is 591. The van der Waals surface area contributed by atoms with Gasteiger partial charge in [-0.2, -0.15) is 0 Å². The fourth-order valence-electron chi connectivity index (χ4n) is 2.63. The van der Waals surface area contributed by atoms with Crippen molar-refractivity contribution in [3.8, 4) is 5.75 Å². The Labute approximate surface area is 120 Å². The number of nitrogens with two attached hydrogens (primary N) is 2. The lowest BCUT2D eigenvalue weighted by Gasteiger charge is -2.27. The lowest BCUT2D eigenvalue weighted by molar-refractivity contribution is 0.134. The second kappa shape index (κ2) is 5.61. The van der Waals surface area contributed by atoms with Gasteiger partial charge in [0.1, 0.15) is 5.75 Å². The summed E-state index contributed by atoms with van der Waals surface area (Å²) >= 11 is 0. The first kappa shape index (κ1) is 15.1. The van der Waals surface area contributed by atoms with Crippen molar-refractivity contribution in [2.75, 3.05) is 5.73 Å². The van der Waals surface area contributed by atoms with Crippen LogP contribution in [0.4, 0.5) is 5.69 Å². The Morgan fingerprint density at radius 2 is 1.80 bits per heavy atom. The van der Waals surface area contributed by atoms with Crippen molar-refractivity contribution >= 4 is 15.7 Å². The van der Waals surface area contributed by atoms with Gasteiger partial charge in [-0.1, -0.05) is 6.92 Å². The van der Waals surface area contributed by atoms with E-state index >= 15 is 0 Å². The van der Waals surface area contributed by atoms with Crippen LogP contribution in [-0.2, 0) is 10.0 Å². The highest BCUT2D eigenvalue weighted by atomic mass is 32.2. The molecule has 112 valence electrons. The van der Waals surface area contributed by atoms with E-state index in [0.29, 0.717) is 17.0 Å². The summed E-state index contributed by atoms with van der Waals surface area (Å²) in [6.45, 7) is 3.93. The first-order valence-corrected chi connectivity index (χ1v) is 8.41. The van der Waals surface area contributed by atoms with Gasteiger partial charge in [0.05, 0.1) is 11.0 Å². The molecule has 1 fully saturated rings. The molecule has 1 aromatic rings. The second-order valence-electron chi connectivity index (χ2n) is 5.69. The van der Waals surface area contributed by atoms with Crippen LogP contribution in [0.25, 0.3) is 0 Å². The van der Waals surface area contributed by atoms with Gasteiger partial charge in [-0.25, -0.2) is 13.6 Å².